The van der Waals surface area contributed by atoms with Crippen molar-refractivity contribution in [1.82, 2.24) is 4.90 Å². The smallest absolute Gasteiger partial charge is 0.0594 e. The molecule has 1 saturated carbocycles. The second kappa shape index (κ2) is 6.37. The van der Waals surface area contributed by atoms with Crippen LogP contribution in [0.5, 0.6) is 0 Å². The van der Waals surface area contributed by atoms with Gasteiger partial charge in [-0.3, -0.25) is 4.90 Å². The number of nitrogens with two attached hydrogens (primary N) is 1. The van der Waals surface area contributed by atoms with Crippen LogP contribution in [0.1, 0.15) is 30.9 Å². The highest BCUT2D eigenvalue weighted by molar-refractivity contribution is 9.10. The fraction of sp³-hybridized carbons (Fsp3) is 0.647. The molecule has 0 radical (unpaired) electrons. The molecule has 1 aliphatic heterocycles. The van der Waals surface area contributed by atoms with Crippen LogP contribution in [0.15, 0.2) is 22.7 Å². The summed E-state index contributed by atoms with van der Waals surface area (Å²) in [4.78, 5) is 2.48. The largest absolute Gasteiger partial charge is 0.379 e. The highest BCUT2D eigenvalue weighted by Gasteiger charge is 2.47. The topological polar surface area (TPSA) is 38.5 Å². The molecule has 116 valence electrons. The molecule has 3 nitrogen and oxygen atoms in total. The number of halogens is 1. The summed E-state index contributed by atoms with van der Waals surface area (Å²) in [6.45, 7) is 7.11. The Kier molecular flexibility index (Phi) is 4.69. The van der Waals surface area contributed by atoms with Gasteiger partial charge < -0.3 is 10.5 Å². The summed E-state index contributed by atoms with van der Waals surface area (Å²) in [6, 6.07) is 7.10. The van der Waals surface area contributed by atoms with Gasteiger partial charge in [0.2, 0.25) is 0 Å². The Morgan fingerprint density at radius 3 is 2.62 bits per heavy atom. The lowest BCUT2D eigenvalue weighted by Gasteiger charge is -2.27. The predicted molar refractivity (Wildman–Crippen MR) is 89.7 cm³/mol. The number of morpholine rings is 1. The molecule has 0 aromatic heterocycles. The summed E-state index contributed by atoms with van der Waals surface area (Å²) in [6.07, 6.45) is 3.54. The zero-order valence-electron chi connectivity index (χ0n) is 12.8. The van der Waals surface area contributed by atoms with Crippen LogP contribution < -0.4 is 5.73 Å². The van der Waals surface area contributed by atoms with Gasteiger partial charge in [0.25, 0.3) is 0 Å². The first kappa shape index (κ1) is 15.5. The van der Waals surface area contributed by atoms with Crippen molar-refractivity contribution >= 4 is 15.9 Å². The third-order valence-electron chi connectivity index (χ3n) is 5.09. The van der Waals surface area contributed by atoms with Crippen LogP contribution in [0, 0.1) is 0 Å². The second-order valence-corrected chi connectivity index (χ2v) is 7.31. The molecule has 1 heterocycles. The molecule has 1 atom stereocenters. The fourth-order valence-corrected chi connectivity index (χ4v) is 3.88. The number of rotatable bonds is 5. The van der Waals surface area contributed by atoms with Crippen LogP contribution in [-0.2, 0) is 16.6 Å². The van der Waals surface area contributed by atoms with E-state index in [-0.39, 0.29) is 11.5 Å². The normalized spacial score (nSPS) is 23.0. The van der Waals surface area contributed by atoms with Gasteiger partial charge in [-0.25, -0.2) is 0 Å². The molecule has 0 spiro atoms. The Morgan fingerprint density at radius 1 is 1.33 bits per heavy atom. The summed E-state index contributed by atoms with van der Waals surface area (Å²) in [7, 11) is 0. The van der Waals surface area contributed by atoms with Gasteiger partial charge in [0.1, 0.15) is 0 Å². The van der Waals surface area contributed by atoms with Gasteiger partial charge in [0, 0.05) is 35.6 Å². The van der Waals surface area contributed by atoms with E-state index in [1.807, 2.05) is 0 Å². The molecule has 2 fully saturated rings. The SMILES string of the molecule is CC(N)C1(c2ccc(CCN3CCOCC3)c(Br)c2)CC1. The van der Waals surface area contributed by atoms with E-state index in [0.29, 0.717) is 0 Å². The summed E-state index contributed by atoms with van der Waals surface area (Å²) in [5.41, 5.74) is 9.21. The van der Waals surface area contributed by atoms with Crippen molar-refractivity contribution in [2.45, 2.75) is 37.6 Å². The Morgan fingerprint density at radius 2 is 2.05 bits per heavy atom. The summed E-state index contributed by atoms with van der Waals surface area (Å²) >= 11 is 3.76. The van der Waals surface area contributed by atoms with Gasteiger partial charge in [0.05, 0.1) is 13.2 Å². The second-order valence-electron chi connectivity index (χ2n) is 6.46. The molecule has 2 aliphatic rings. The Bertz CT molecular complexity index is 494. The molecule has 1 saturated heterocycles. The van der Waals surface area contributed by atoms with Crippen LogP contribution in [0.3, 0.4) is 0 Å². The molecule has 1 aromatic rings. The van der Waals surface area contributed by atoms with Gasteiger partial charge in [-0.2, -0.15) is 0 Å². The molecule has 1 aromatic carbocycles. The number of nitrogens with zero attached hydrogens (tertiary/aromatic N) is 1. The minimum absolute atomic E-state index is 0.239. The molecule has 21 heavy (non-hydrogen) atoms. The monoisotopic (exact) mass is 352 g/mol. The van der Waals surface area contributed by atoms with E-state index in [1.54, 1.807) is 0 Å². The Balaban J connectivity index is 1.64. The van der Waals surface area contributed by atoms with Gasteiger partial charge in [-0.05, 0) is 43.4 Å². The van der Waals surface area contributed by atoms with Crippen molar-refractivity contribution in [2.75, 3.05) is 32.8 Å². The van der Waals surface area contributed by atoms with Crippen molar-refractivity contribution in [3.63, 3.8) is 0 Å². The maximum absolute atomic E-state index is 6.18. The van der Waals surface area contributed by atoms with Gasteiger partial charge in [-0.15, -0.1) is 0 Å². The average Bonchev–Trinajstić information content (AvgIpc) is 3.29. The van der Waals surface area contributed by atoms with E-state index in [9.17, 15) is 0 Å². The van der Waals surface area contributed by atoms with Crippen LogP contribution in [0.25, 0.3) is 0 Å². The van der Waals surface area contributed by atoms with Crippen molar-refractivity contribution < 1.29 is 4.74 Å². The van der Waals surface area contributed by atoms with Crippen LogP contribution >= 0.6 is 15.9 Å². The molecular formula is C17H25BrN2O. The average molecular weight is 353 g/mol. The predicted octanol–water partition coefficient (Wildman–Crippen LogP) is 2.70. The molecule has 1 unspecified atom stereocenters. The van der Waals surface area contributed by atoms with Gasteiger partial charge in [0.15, 0.2) is 0 Å². The minimum atomic E-state index is 0.239. The Hall–Kier alpha value is -0.420. The number of hydrogen-bond donors (Lipinski definition) is 1. The van der Waals surface area contributed by atoms with E-state index in [4.69, 9.17) is 10.5 Å². The highest BCUT2D eigenvalue weighted by Crippen LogP contribution is 2.50. The van der Waals surface area contributed by atoms with E-state index in [1.165, 1.54) is 28.4 Å². The molecular weight excluding hydrogens is 328 g/mol. The van der Waals surface area contributed by atoms with E-state index >= 15 is 0 Å². The van der Waals surface area contributed by atoms with E-state index < -0.39 is 0 Å². The molecule has 0 bridgehead atoms. The third-order valence-corrected chi connectivity index (χ3v) is 5.83. The summed E-state index contributed by atoms with van der Waals surface area (Å²) in [5, 5.41) is 0. The first-order chi connectivity index (χ1) is 10.1. The lowest BCUT2D eigenvalue weighted by molar-refractivity contribution is 0.0384. The molecule has 3 rings (SSSR count). The first-order valence-corrected chi connectivity index (χ1v) is 8.76. The molecule has 4 heteroatoms. The van der Waals surface area contributed by atoms with Crippen LogP contribution in [-0.4, -0.2) is 43.8 Å². The summed E-state index contributed by atoms with van der Waals surface area (Å²) in [5.74, 6) is 0. The zero-order chi connectivity index (χ0) is 14.9. The fourth-order valence-electron chi connectivity index (χ4n) is 3.30. The van der Waals surface area contributed by atoms with Crippen molar-refractivity contribution in [1.29, 1.82) is 0 Å². The van der Waals surface area contributed by atoms with E-state index in [0.717, 1.165) is 39.3 Å². The summed E-state index contributed by atoms with van der Waals surface area (Å²) < 4.78 is 6.63. The molecule has 2 N–H and O–H groups in total. The first-order valence-electron chi connectivity index (χ1n) is 7.96. The lowest BCUT2D eigenvalue weighted by atomic mass is 9.89. The van der Waals surface area contributed by atoms with E-state index in [2.05, 4.69) is 46.0 Å². The van der Waals surface area contributed by atoms with Crippen molar-refractivity contribution in [2.24, 2.45) is 5.73 Å². The highest BCUT2D eigenvalue weighted by atomic mass is 79.9. The molecule has 0 amide bonds. The Labute approximate surface area is 136 Å². The van der Waals surface area contributed by atoms with Crippen LogP contribution in [0.2, 0.25) is 0 Å². The lowest BCUT2D eigenvalue weighted by Crippen LogP contribution is -2.37. The quantitative estimate of drug-likeness (QED) is 0.885. The maximum atomic E-state index is 6.18. The van der Waals surface area contributed by atoms with Gasteiger partial charge in [-0.1, -0.05) is 28.1 Å². The molecule has 1 aliphatic carbocycles. The number of hydrogen-bond acceptors (Lipinski definition) is 3. The van der Waals surface area contributed by atoms with Crippen molar-refractivity contribution in [3.8, 4) is 0 Å². The number of benzene rings is 1. The van der Waals surface area contributed by atoms with Gasteiger partial charge >= 0.3 is 0 Å². The van der Waals surface area contributed by atoms with Crippen molar-refractivity contribution in [3.05, 3.63) is 33.8 Å². The third kappa shape index (κ3) is 3.34. The minimum Gasteiger partial charge on any atom is -0.379 e. The maximum Gasteiger partial charge on any atom is 0.0594 e. The zero-order valence-corrected chi connectivity index (χ0v) is 14.4. The van der Waals surface area contributed by atoms with Crippen LogP contribution in [0.4, 0.5) is 0 Å². The standard InChI is InChI=1S/C17H25BrN2O/c1-13(19)17(5-6-17)15-3-2-14(16(18)12-15)4-7-20-8-10-21-11-9-20/h2-3,12-13H,4-11,19H2,1H3. The number of ether oxygens (including phenoxy) is 1.